The van der Waals surface area contributed by atoms with Gasteiger partial charge in [-0.1, -0.05) is 6.92 Å². The van der Waals surface area contributed by atoms with Gasteiger partial charge in [-0.2, -0.15) is 11.3 Å². The Bertz CT molecular complexity index is 306. The smallest absolute Gasteiger partial charge is 0.239 e. The third kappa shape index (κ3) is 4.34. The minimum absolute atomic E-state index is 0.0352. The van der Waals surface area contributed by atoms with Crippen molar-refractivity contribution in [3.63, 3.8) is 0 Å². The van der Waals surface area contributed by atoms with Gasteiger partial charge in [-0.15, -0.1) is 0 Å². The number of amides is 1. The SMILES string of the molecule is CCC(C)(C)NC(=O)CNc1ccsc1. The van der Waals surface area contributed by atoms with Crippen LogP contribution in [0.3, 0.4) is 0 Å². The summed E-state index contributed by atoms with van der Waals surface area (Å²) < 4.78 is 0. The zero-order valence-electron chi connectivity index (χ0n) is 9.46. The molecule has 4 heteroatoms. The summed E-state index contributed by atoms with van der Waals surface area (Å²) in [6.07, 6.45) is 0.928. The van der Waals surface area contributed by atoms with Crippen LogP contribution >= 0.6 is 11.3 Å². The van der Waals surface area contributed by atoms with E-state index in [4.69, 9.17) is 0 Å². The van der Waals surface area contributed by atoms with Crippen LogP contribution in [0.5, 0.6) is 0 Å². The molecular weight excluding hydrogens is 208 g/mol. The Hall–Kier alpha value is -1.03. The summed E-state index contributed by atoms with van der Waals surface area (Å²) in [6, 6.07) is 1.96. The number of rotatable bonds is 5. The molecule has 0 aromatic carbocycles. The molecule has 0 aliphatic carbocycles. The van der Waals surface area contributed by atoms with E-state index in [1.54, 1.807) is 11.3 Å². The van der Waals surface area contributed by atoms with Crippen molar-refractivity contribution in [1.29, 1.82) is 0 Å². The quantitative estimate of drug-likeness (QED) is 0.809. The van der Waals surface area contributed by atoms with Crippen molar-refractivity contribution in [3.8, 4) is 0 Å². The van der Waals surface area contributed by atoms with Crippen molar-refractivity contribution in [2.75, 3.05) is 11.9 Å². The molecule has 0 unspecified atom stereocenters. The van der Waals surface area contributed by atoms with Crippen LogP contribution in [0, 0.1) is 0 Å². The summed E-state index contributed by atoms with van der Waals surface area (Å²) >= 11 is 1.61. The highest BCUT2D eigenvalue weighted by Gasteiger charge is 2.17. The van der Waals surface area contributed by atoms with Gasteiger partial charge in [0, 0.05) is 16.6 Å². The van der Waals surface area contributed by atoms with E-state index in [2.05, 4.69) is 17.6 Å². The summed E-state index contributed by atoms with van der Waals surface area (Å²) in [4.78, 5) is 11.5. The lowest BCUT2D eigenvalue weighted by Crippen LogP contribution is -2.45. The fraction of sp³-hybridized carbons (Fsp3) is 0.545. The topological polar surface area (TPSA) is 41.1 Å². The largest absolute Gasteiger partial charge is 0.375 e. The molecule has 1 aromatic heterocycles. The summed E-state index contributed by atoms with van der Waals surface area (Å²) in [5.74, 6) is 0.0352. The molecule has 1 rings (SSSR count). The van der Waals surface area contributed by atoms with Gasteiger partial charge >= 0.3 is 0 Å². The Balaban J connectivity index is 2.31. The molecule has 0 radical (unpaired) electrons. The second-order valence-corrected chi connectivity index (χ2v) is 4.93. The van der Waals surface area contributed by atoms with Crippen LogP contribution in [0.25, 0.3) is 0 Å². The summed E-state index contributed by atoms with van der Waals surface area (Å²) in [6.45, 7) is 6.44. The van der Waals surface area contributed by atoms with Gasteiger partial charge in [-0.3, -0.25) is 4.79 Å². The first-order valence-corrected chi connectivity index (χ1v) is 6.05. The number of carbonyl (C=O) groups excluding carboxylic acids is 1. The van der Waals surface area contributed by atoms with Crippen molar-refractivity contribution in [2.45, 2.75) is 32.7 Å². The lowest BCUT2D eigenvalue weighted by Gasteiger charge is -2.24. The predicted octanol–water partition coefficient (Wildman–Crippen LogP) is 2.46. The highest BCUT2D eigenvalue weighted by Crippen LogP contribution is 2.11. The van der Waals surface area contributed by atoms with Gasteiger partial charge < -0.3 is 10.6 Å². The summed E-state index contributed by atoms with van der Waals surface area (Å²) in [7, 11) is 0. The molecule has 1 heterocycles. The first kappa shape index (κ1) is 12.0. The zero-order valence-corrected chi connectivity index (χ0v) is 10.3. The fourth-order valence-corrected chi connectivity index (χ4v) is 1.67. The standard InChI is InChI=1S/C11H18N2OS/c1-4-11(2,3)13-10(14)7-12-9-5-6-15-8-9/h5-6,8,12H,4,7H2,1-3H3,(H,13,14). The number of nitrogens with one attached hydrogen (secondary N) is 2. The summed E-state index contributed by atoms with van der Waals surface area (Å²) in [5.41, 5.74) is 0.886. The molecular formula is C11H18N2OS. The molecule has 15 heavy (non-hydrogen) atoms. The maximum absolute atomic E-state index is 11.5. The van der Waals surface area contributed by atoms with E-state index in [9.17, 15) is 4.79 Å². The third-order valence-corrected chi connectivity index (χ3v) is 3.02. The highest BCUT2D eigenvalue weighted by atomic mass is 32.1. The van der Waals surface area contributed by atoms with Gasteiger partial charge in [-0.25, -0.2) is 0 Å². The van der Waals surface area contributed by atoms with E-state index in [1.807, 2.05) is 30.7 Å². The minimum Gasteiger partial charge on any atom is -0.375 e. The van der Waals surface area contributed by atoms with E-state index in [1.165, 1.54) is 0 Å². The van der Waals surface area contributed by atoms with Gasteiger partial charge in [0.2, 0.25) is 5.91 Å². The number of carbonyl (C=O) groups is 1. The van der Waals surface area contributed by atoms with Gasteiger partial charge in [0.15, 0.2) is 0 Å². The van der Waals surface area contributed by atoms with Crippen LogP contribution in [0.15, 0.2) is 16.8 Å². The van der Waals surface area contributed by atoms with Gasteiger partial charge in [0.1, 0.15) is 0 Å². The fourth-order valence-electron chi connectivity index (χ4n) is 1.06. The molecule has 0 saturated carbocycles. The maximum Gasteiger partial charge on any atom is 0.239 e. The van der Waals surface area contributed by atoms with Gasteiger partial charge in [0.05, 0.1) is 6.54 Å². The number of thiophene rings is 1. The van der Waals surface area contributed by atoms with Gasteiger partial charge in [-0.05, 0) is 31.7 Å². The van der Waals surface area contributed by atoms with Crippen LogP contribution in [0.1, 0.15) is 27.2 Å². The van der Waals surface area contributed by atoms with E-state index in [0.717, 1.165) is 12.1 Å². The van der Waals surface area contributed by atoms with E-state index in [-0.39, 0.29) is 11.4 Å². The maximum atomic E-state index is 11.5. The molecule has 3 nitrogen and oxygen atoms in total. The van der Waals surface area contributed by atoms with Crippen molar-refractivity contribution in [1.82, 2.24) is 5.32 Å². The Morgan fingerprint density at radius 2 is 2.27 bits per heavy atom. The average Bonchev–Trinajstić information content (AvgIpc) is 2.66. The molecule has 84 valence electrons. The molecule has 0 atom stereocenters. The molecule has 1 amide bonds. The van der Waals surface area contributed by atoms with Crippen LogP contribution in [-0.2, 0) is 4.79 Å². The van der Waals surface area contributed by atoms with Crippen LogP contribution in [-0.4, -0.2) is 18.0 Å². The molecule has 0 bridgehead atoms. The van der Waals surface area contributed by atoms with Crippen molar-refractivity contribution in [2.24, 2.45) is 0 Å². The predicted molar refractivity (Wildman–Crippen MR) is 65.3 cm³/mol. The average molecular weight is 226 g/mol. The molecule has 0 fully saturated rings. The monoisotopic (exact) mass is 226 g/mol. The minimum atomic E-state index is -0.118. The second kappa shape index (κ2) is 5.16. The molecule has 2 N–H and O–H groups in total. The molecule has 0 aliphatic heterocycles. The third-order valence-electron chi connectivity index (χ3n) is 2.34. The molecule has 0 spiro atoms. The van der Waals surface area contributed by atoms with E-state index < -0.39 is 0 Å². The van der Waals surface area contributed by atoms with Crippen molar-refractivity contribution < 1.29 is 4.79 Å². The zero-order chi connectivity index (χ0) is 11.3. The summed E-state index contributed by atoms with van der Waals surface area (Å²) in [5, 5.41) is 10.0. The van der Waals surface area contributed by atoms with Gasteiger partial charge in [0.25, 0.3) is 0 Å². The normalized spacial score (nSPS) is 11.1. The first-order chi connectivity index (χ1) is 7.03. The number of hydrogen-bond acceptors (Lipinski definition) is 3. The van der Waals surface area contributed by atoms with Crippen LogP contribution in [0.4, 0.5) is 5.69 Å². The Morgan fingerprint density at radius 1 is 1.53 bits per heavy atom. The van der Waals surface area contributed by atoms with E-state index in [0.29, 0.717) is 6.54 Å². The molecule has 1 aromatic rings. The lowest BCUT2D eigenvalue weighted by atomic mass is 10.0. The second-order valence-electron chi connectivity index (χ2n) is 4.15. The number of anilines is 1. The molecule has 0 saturated heterocycles. The lowest BCUT2D eigenvalue weighted by molar-refractivity contribution is -0.121. The van der Waals surface area contributed by atoms with Crippen molar-refractivity contribution >= 4 is 22.9 Å². The van der Waals surface area contributed by atoms with Crippen molar-refractivity contribution in [3.05, 3.63) is 16.8 Å². The Labute approximate surface area is 94.9 Å². The number of hydrogen-bond donors (Lipinski definition) is 2. The Morgan fingerprint density at radius 3 is 2.80 bits per heavy atom. The van der Waals surface area contributed by atoms with E-state index >= 15 is 0 Å². The van der Waals surface area contributed by atoms with Crippen LogP contribution < -0.4 is 10.6 Å². The Kier molecular flexibility index (Phi) is 4.15. The van der Waals surface area contributed by atoms with Crippen LogP contribution in [0.2, 0.25) is 0 Å². The molecule has 0 aliphatic rings. The first-order valence-electron chi connectivity index (χ1n) is 5.10. The highest BCUT2D eigenvalue weighted by molar-refractivity contribution is 7.08.